The Bertz CT molecular complexity index is 376. The summed E-state index contributed by atoms with van der Waals surface area (Å²) in [5, 5.41) is 3.37. The van der Waals surface area contributed by atoms with Gasteiger partial charge < -0.3 is 19.5 Å². The molecule has 0 aliphatic carbocycles. The van der Waals surface area contributed by atoms with Gasteiger partial charge in [-0.05, 0) is 34.4 Å². The maximum absolute atomic E-state index is 5.58. The Hall–Kier alpha value is -1.07. The van der Waals surface area contributed by atoms with Crippen molar-refractivity contribution in [2.24, 2.45) is 0 Å². The van der Waals surface area contributed by atoms with Crippen LogP contribution < -0.4 is 5.32 Å². The molecular formula is C14H28N4O. The van der Waals surface area contributed by atoms with Gasteiger partial charge in [-0.2, -0.15) is 0 Å². The van der Waals surface area contributed by atoms with Gasteiger partial charge in [0.25, 0.3) is 0 Å². The minimum Gasteiger partial charge on any atom is -0.378 e. The molecule has 1 N–H and O–H groups in total. The van der Waals surface area contributed by atoms with Crippen molar-refractivity contribution in [3.63, 3.8) is 0 Å². The van der Waals surface area contributed by atoms with E-state index in [1.54, 1.807) is 7.11 Å². The minimum atomic E-state index is 0.172. The zero-order valence-corrected chi connectivity index (χ0v) is 13.1. The van der Waals surface area contributed by atoms with Gasteiger partial charge in [-0.15, -0.1) is 0 Å². The predicted molar refractivity (Wildman–Crippen MR) is 79.7 cm³/mol. The van der Waals surface area contributed by atoms with Crippen LogP contribution in [0.2, 0.25) is 0 Å². The molecule has 0 radical (unpaired) electrons. The lowest BCUT2D eigenvalue weighted by Crippen LogP contribution is -2.33. The van der Waals surface area contributed by atoms with Crippen molar-refractivity contribution in [1.82, 2.24) is 14.5 Å². The summed E-state index contributed by atoms with van der Waals surface area (Å²) in [6.45, 7) is 11.2. The fourth-order valence-corrected chi connectivity index (χ4v) is 1.96. The van der Waals surface area contributed by atoms with Crippen molar-refractivity contribution < 1.29 is 4.74 Å². The molecule has 0 aliphatic heterocycles. The first kappa shape index (κ1) is 16.0. The maximum Gasteiger partial charge on any atom is 0.203 e. The van der Waals surface area contributed by atoms with Crippen LogP contribution in [0.3, 0.4) is 0 Å². The first-order valence-corrected chi connectivity index (χ1v) is 6.97. The van der Waals surface area contributed by atoms with E-state index in [2.05, 4.69) is 53.8 Å². The van der Waals surface area contributed by atoms with Crippen molar-refractivity contribution in [3.05, 3.63) is 11.9 Å². The molecule has 5 heteroatoms. The predicted octanol–water partition coefficient (Wildman–Crippen LogP) is 1.98. The van der Waals surface area contributed by atoms with Crippen LogP contribution in [0.25, 0.3) is 0 Å². The van der Waals surface area contributed by atoms with E-state index in [-0.39, 0.29) is 6.10 Å². The molecule has 0 saturated carbocycles. The number of nitrogens with zero attached hydrogens (tertiary/aromatic N) is 3. The van der Waals surface area contributed by atoms with Crippen LogP contribution in [-0.2, 0) is 11.3 Å². The number of aromatic nitrogens is 2. The smallest absolute Gasteiger partial charge is 0.203 e. The topological polar surface area (TPSA) is 42.3 Å². The zero-order chi connectivity index (χ0) is 14.4. The third-order valence-electron chi connectivity index (χ3n) is 3.10. The molecule has 1 rings (SSSR count). The van der Waals surface area contributed by atoms with E-state index in [1.807, 2.05) is 6.92 Å². The highest BCUT2D eigenvalue weighted by atomic mass is 16.5. The molecule has 1 aromatic heterocycles. The molecule has 0 aromatic carbocycles. The monoisotopic (exact) mass is 268 g/mol. The van der Waals surface area contributed by atoms with Gasteiger partial charge in [0, 0.05) is 25.9 Å². The number of rotatable bonds is 8. The van der Waals surface area contributed by atoms with E-state index in [4.69, 9.17) is 4.74 Å². The number of hydrogen-bond donors (Lipinski definition) is 1. The number of anilines is 1. The lowest BCUT2D eigenvalue weighted by Gasteiger charge is -2.23. The van der Waals surface area contributed by atoms with Gasteiger partial charge in [0.05, 0.1) is 18.3 Å². The number of likely N-dealkylation sites (N-methyl/N-ethyl adjacent to an activating group) is 1. The van der Waals surface area contributed by atoms with Crippen LogP contribution in [0.1, 0.15) is 26.5 Å². The molecule has 0 aliphatic rings. The highest BCUT2D eigenvalue weighted by molar-refractivity contribution is 5.29. The number of aryl methyl sites for hydroxylation is 1. The second-order valence-corrected chi connectivity index (χ2v) is 5.37. The zero-order valence-electron chi connectivity index (χ0n) is 13.1. The minimum absolute atomic E-state index is 0.172. The summed E-state index contributed by atoms with van der Waals surface area (Å²) in [6, 6.07) is 0.375. The van der Waals surface area contributed by atoms with Crippen molar-refractivity contribution in [1.29, 1.82) is 0 Å². The highest BCUT2D eigenvalue weighted by Crippen LogP contribution is 2.12. The average molecular weight is 268 g/mol. The molecule has 1 aromatic rings. The molecule has 1 atom stereocenters. The normalized spacial score (nSPS) is 13.3. The summed E-state index contributed by atoms with van der Waals surface area (Å²) in [5.74, 6) is 0.925. The maximum atomic E-state index is 5.58. The Morgan fingerprint density at radius 1 is 1.47 bits per heavy atom. The van der Waals surface area contributed by atoms with Gasteiger partial charge in [-0.1, -0.05) is 6.92 Å². The number of hydrogen-bond acceptors (Lipinski definition) is 4. The van der Waals surface area contributed by atoms with E-state index in [0.29, 0.717) is 6.04 Å². The molecular weight excluding hydrogens is 240 g/mol. The molecule has 0 fully saturated rings. The third-order valence-corrected chi connectivity index (χ3v) is 3.10. The summed E-state index contributed by atoms with van der Waals surface area (Å²) in [5.41, 5.74) is 1.03. The van der Waals surface area contributed by atoms with E-state index >= 15 is 0 Å². The van der Waals surface area contributed by atoms with Gasteiger partial charge in [-0.25, -0.2) is 4.98 Å². The van der Waals surface area contributed by atoms with E-state index in [0.717, 1.165) is 31.3 Å². The Kier molecular flexibility index (Phi) is 6.31. The Balaban J connectivity index is 2.73. The molecule has 5 nitrogen and oxygen atoms in total. The van der Waals surface area contributed by atoms with Crippen LogP contribution in [0.4, 0.5) is 5.95 Å². The first-order chi connectivity index (χ1) is 8.96. The molecule has 19 heavy (non-hydrogen) atoms. The quantitative estimate of drug-likeness (QED) is 0.783. The molecule has 1 unspecified atom stereocenters. The molecule has 0 saturated heterocycles. The molecule has 110 valence electrons. The van der Waals surface area contributed by atoms with E-state index in [9.17, 15) is 0 Å². The lowest BCUT2D eigenvalue weighted by atomic mass is 10.3. The van der Waals surface area contributed by atoms with Crippen molar-refractivity contribution >= 4 is 5.95 Å². The molecule has 0 spiro atoms. The highest BCUT2D eigenvalue weighted by Gasteiger charge is 2.14. The molecule has 0 amide bonds. The van der Waals surface area contributed by atoms with Crippen LogP contribution in [-0.4, -0.2) is 53.8 Å². The molecule has 0 bridgehead atoms. The number of nitrogens with one attached hydrogen (secondary N) is 1. The standard InChI is InChI=1S/C14H28N4O/c1-7-17(5)9-13(19-6)10-18-8-12(4)16-14(18)15-11(2)3/h8,11,13H,7,9-10H2,1-6H3,(H,15,16). The van der Waals surface area contributed by atoms with Gasteiger partial charge in [-0.3, -0.25) is 0 Å². The molecule has 1 heterocycles. The Labute approximate surface area is 117 Å². The van der Waals surface area contributed by atoms with Gasteiger partial charge in [0.2, 0.25) is 5.95 Å². The summed E-state index contributed by atoms with van der Waals surface area (Å²) < 4.78 is 7.72. The Morgan fingerprint density at radius 2 is 2.16 bits per heavy atom. The largest absolute Gasteiger partial charge is 0.378 e. The van der Waals surface area contributed by atoms with Gasteiger partial charge in [0.1, 0.15) is 0 Å². The van der Waals surface area contributed by atoms with Crippen molar-refractivity contribution in [3.8, 4) is 0 Å². The lowest BCUT2D eigenvalue weighted by molar-refractivity contribution is 0.0607. The summed E-state index contributed by atoms with van der Waals surface area (Å²) in [4.78, 5) is 6.78. The summed E-state index contributed by atoms with van der Waals surface area (Å²) >= 11 is 0. The first-order valence-electron chi connectivity index (χ1n) is 6.97. The van der Waals surface area contributed by atoms with E-state index in [1.165, 1.54) is 0 Å². The van der Waals surface area contributed by atoms with E-state index < -0.39 is 0 Å². The van der Waals surface area contributed by atoms with Crippen LogP contribution in [0, 0.1) is 6.92 Å². The second-order valence-electron chi connectivity index (χ2n) is 5.37. The van der Waals surface area contributed by atoms with Crippen LogP contribution >= 0.6 is 0 Å². The van der Waals surface area contributed by atoms with Crippen molar-refractivity contribution in [2.75, 3.05) is 32.6 Å². The number of methoxy groups -OCH3 is 1. The fraction of sp³-hybridized carbons (Fsp3) is 0.786. The third kappa shape index (κ3) is 5.20. The van der Waals surface area contributed by atoms with Crippen molar-refractivity contribution in [2.45, 2.75) is 46.4 Å². The number of ether oxygens (including phenoxy) is 1. The summed E-state index contributed by atoms with van der Waals surface area (Å²) in [7, 11) is 3.88. The SMILES string of the molecule is CCN(C)CC(Cn1cc(C)nc1NC(C)C)OC. The van der Waals surface area contributed by atoms with Gasteiger partial charge >= 0.3 is 0 Å². The van der Waals surface area contributed by atoms with Gasteiger partial charge in [0.15, 0.2) is 0 Å². The number of imidazole rings is 1. The second kappa shape index (κ2) is 7.50. The van der Waals surface area contributed by atoms with Crippen LogP contribution in [0.5, 0.6) is 0 Å². The average Bonchev–Trinajstić information content (AvgIpc) is 2.67. The van der Waals surface area contributed by atoms with Crippen LogP contribution in [0.15, 0.2) is 6.20 Å². The summed E-state index contributed by atoms with van der Waals surface area (Å²) in [6.07, 6.45) is 2.24. The Morgan fingerprint density at radius 3 is 2.68 bits per heavy atom. The fourth-order valence-electron chi connectivity index (χ4n) is 1.96.